The zero-order chi connectivity index (χ0) is 19.2. The predicted octanol–water partition coefficient (Wildman–Crippen LogP) is 4.77. The number of hydrogen-bond donors (Lipinski definition) is 1. The molecule has 0 spiro atoms. The highest BCUT2D eigenvalue weighted by atomic mass is 16.5. The van der Waals surface area contributed by atoms with Gasteiger partial charge in [-0.25, -0.2) is 0 Å². The lowest BCUT2D eigenvalue weighted by Gasteiger charge is -2.23. The molecule has 0 aromatic heterocycles. The Bertz CT molecular complexity index is 727. The summed E-state index contributed by atoms with van der Waals surface area (Å²) in [5.74, 6) is 0.881. The first-order valence-electron chi connectivity index (χ1n) is 8.93. The average Bonchev–Trinajstić information content (AvgIpc) is 2.57. The lowest BCUT2D eigenvalue weighted by atomic mass is 9.86. The molecular formula is C22H28O4. The van der Waals surface area contributed by atoms with Crippen LogP contribution in [0.2, 0.25) is 0 Å². The van der Waals surface area contributed by atoms with E-state index in [1.165, 1.54) is 11.1 Å². The monoisotopic (exact) mass is 356 g/mol. The highest BCUT2D eigenvalue weighted by molar-refractivity contribution is 5.67. The zero-order valence-electron chi connectivity index (χ0n) is 16.0. The maximum atomic E-state index is 10.6. The minimum absolute atomic E-state index is 0.0235. The second-order valence-electron chi connectivity index (χ2n) is 7.48. The van der Waals surface area contributed by atoms with Crippen molar-refractivity contribution < 1.29 is 19.4 Å². The summed E-state index contributed by atoms with van der Waals surface area (Å²) >= 11 is 0. The van der Waals surface area contributed by atoms with Gasteiger partial charge in [-0.3, -0.25) is 4.79 Å². The van der Waals surface area contributed by atoms with Crippen molar-refractivity contribution in [1.29, 1.82) is 0 Å². The van der Waals surface area contributed by atoms with Crippen LogP contribution < -0.4 is 9.47 Å². The van der Waals surface area contributed by atoms with Crippen LogP contribution in [-0.4, -0.2) is 24.3 Å². The fourth-order valence-electron chi connectivity index (χ4n) is 2.68. The first-order chi connectivity index (χ1) is 12.3. The van der Waals surface area contributed by atoms with Gasteiger partial charge in [0.1, 0.15) is 24.7 Å². The number of aryl methyl sites for hydroxylation is 2. The van der Waals surface area contributed by atoms with E-state index < -0.39 is 5.97 Å². The van der Waals surface area contributed by atoms with Crippen LogP contribution in [0.1, 0.15) is 43.9 Å². The molecule has 0 aliphatic heterocycles. The Morgan fingerprint density at radius 1 is 1.00 bits per heavy atom. The summed E-state index contributed by atoms with van der Waals surface area (Å²) in [4.78, 5) is 10.6. The number of carboxylic acid groups (broad SMARTS) is 1. The Balaban J connectivity index is 1.85. The summed E-state index contributed by atoms with van der Waals surface area (Å²) < 4.78 is 11.7. The van der Waals surface area contributed by atoms with E-state index in [2.05, 4.69) is 45.9 Å². The Hall–Kier alpha value is -2.49. The van der Waals surface area contributed by atoms with E-state index in [0.29, 0.717) is 19.6 Å². The Kier molecular flexibility index (Phi) is 6.67. The van der Waals surface area contributed by atoms with Gasteiger partial charge in [0.25, 0.3) is 0 Å². The van der Waals surface area contributed by atoms with Gasteiger partial charge in [0, 0.05) is 6.42 Å². The first-order valence-corrected chi connectivity index (χ1v) is 8.93. The highest BCUT2D eigenvalue weighted by Gasteiger charge is 2.18. The second-order valence-corrected chi connectivity index (χ2v) is 7.48. The van der Waals surface area contributed by atoms with E-state index in [4.69, 9.17) is 14.6 Å². The zero-order valence-corrected chi connectivity index (χ0v) is 16.0. The van der Waals surface area contributed by atoms with Crippen molar-refractivity contribution in [3.8, 4) is 11.5 Å². The van der Waals surface area contributed by atoms with Crippen molar-refractivity contribution in [2.75, 3.05) is 13.2 Å². The molecule has 2 rings (SSSR count). The van der Waals surface area contributed by atoms with Crippen LogP contribution >= 0.6 is 0 Å². The maximum absolute atomic E-state index is 10.6. The van der Waals surface area contributed by atoms with Crippen LogP contribution in [-0.2, 0) is 16.6 Å². The minimum atomic E-state index is -0.784. The summed E-state index contributed by atoms with van der Waals surface area (Å²) in [5, 5.41) is 8.71. The summed E-state index contributed by atoms with van der Waals surface area (Å²) in [6, 6.07) is 13.8. The molecule has 0 atom stereocenters. The van der Waals surface area contributed by atoms with Gasteiger partial charge >= 0.3 is 5.97 Å². The molecule has 0 aliphatic rings. The second kappa shape index (κ2) is 8.75. The third kappa shape index (κ3) is 6.10. The molecule has 0 heterocycles. The Morgan fingerprint density at radius 3 is 2.27 bits per heavy atom. The predicted molar refractivity (Wildman–Crippen MR) is 103 cm³/mol. The molecule has 2 aromatic rings. The minimum Gasteiger partial charge on any atom is -0.490 e. The summed E-state index contributed by atoms with van der Waals surface area (Å²) in [5.41, 5.74) is 3.37. The molecule has 0 radical (unpaired) electrons. The van der Waals surface area contributed by atoms with Gasteiger partial charge in [-0.2, -0.15) is 0 Å². The molecule has 1 N–H and O–H groups in total. The summed E-state index contributed by atoms with van der Waals surface area (Å²) in [6.45, 7) is 9.49. The SMILES string of the molecule is Cc1ccc(C(C)(C)C)c(OCCOc2ccc(CCC(=O)O)cc2)c1. The van der Waals surface area contributed by atoms with E-state index in [0.717, 1.165) is 17.1 Å². The molecule has 0 aliphatic carbocycles. The standard InChI is InChI=1S/C22H28O4/c1-16-5-11-19(22(2,3)4)20(15-16)26-14-13-25-18-9-6-17(7-10-18)8-12-21(23)24/h5-7,9-11,15H,8,12-14H2,1-4H3,(H,23,24). The molecule has 0 saturated heterocycles. The molecule has 0 fully saturated rings. The maximum Gasteiger partial charge on any atom is 0.303 e. The molecule has 2 aromatic carbocycles. The molecular weight excluding hydrogens is 328 g/mol. The molecule has 26 heavy (non-hydrogen) atoms. The van der Waals surface area contributed by atoms with Gasteiger partial charge in [-0.05, 0) is 53.6 Å². The number of carboxylic acids is 1. The van der Waals surface area contributed by atoms with Crippen LogP contribution in [0.15, 0.2) is 42.5 Å². The van der Waals surface area contributed by atoms with E-state index in [9.17, 15) is 4.79 Å². The number of benzene rings is 2. The van der Waals surface area contributed by atoms with Crippen LogP contribution in [0, 0.1) is 6.92 Å². The summed E-state index contributed by atoms with van der Waals surface area (Å²) in [6.07, 6.45) is 0.669. The molecule has 0 bridgehead atoms. The van der Waals surface area contributed by atoms with Crippen molar-refractivity contribution in [2.24, 2.45) is 0 Å². The van der Waals surface area contributed by atoms with Gasteiger partial charge in [-0.15, -0.1) is 0 Å². The number of hydrogen-bond acceptors (Lipinski definition) is 3. The van der Waals surface area contributed by atoms with Crippen LogP contribution in [0.5, 0.6) is 11.5 Å². The van der Waals surface area contributed by atoms with Crippen LogP contribution in [0.4, 0.5) is 0 Å². The van der Waals surface area contributed by atoms with Gasteiger partial charge in [0.15, 0.2) is 0 Å². The Labute approximate surface area is 155 Å². The number of carbonyl (C=O) groups is 1. The lowest BCUT2D eigenvalue weighted by Crippen LogP contribution is -2.16. The molecule has 4 heteroatoms. The normalized spacial score (nSPS) is 11.2. The quantitative estimate of drug-likeness (QED) is 0.692. The van der Waals surface area contributed by atoms with Gasteiger partial charge < -0.3 is 14.6 Å². The third-order valence-corrected chi connectivity index (χ3v) is 4.11. The molecule has 4 nitrogen and oxygen atoms in total. The first kappa shape index (κ1) is 19.8. The highest BCUT2D eigenvalue weighted by Crippen LogP contribution is 2.32. The molecule has 140 valence electrons. The van der Waals surface area contributed by atoms with Gasteiger partial charge in [0.2, 0.25) is 0 Å². The fraction of sp³-hybridized carbons (Fsp3) is 0.409. The fourth-order valence-corrected chi connectivity index (χ4v) is 2.68. The number of aliphatic carboxylic acids is 1. The lowest BCUT2D eigenvalue weighted by molar-refractivity contribution is -0.136. The van der Waals surface area contributed by atoms with Crippen molar-refractivity contribution >= 4 is 5.97 Å². The number of ether oxygens (including phenoxy) is 2. The van der Waals surface area contributed by atoms with E-state index >= 15 is 0 Å². The van der Waals surface area contributed by atoms with E-state index in [-0.39, 0.29) is 11.8 Å². The van der Waals surface area contributed by atoms with Gasteiger partial charge in [-0.1, -0.05) is 45.0 Å². The topological polar surface area (TPSA) is 55.8 Å². The van der Waals surface area contributed by atoms with Crippen LogP contribution in [0.25, 0.3) is 0 Å². The molecule has 0 saturated carbocycles. The third-order valence-electron chi connectivity index (χ3n) is 4.11. The van der Waals surface area contributed by atoms with Crippen molar-refractivity contribution in [1.82, 2.24) is 0 Å². The molecule has 0 amide bonds. The van der Waals surface area contributed by atoms with Crippen molar-refractivity contribution in [2.45, 2.75) is 46.0 Å². The van der Waals surface area contributed by atoms with Crippen molar-refractivity contribution in [3.63, 3.8) is 0 Å². The number of rotatable bonds is 8. The summed E-state index contributed by atoms with van der Waals surface area (Å²) in [7, 11) is 0. The Morgan fingerprint density at radius 2 is 1.65 bits per heavy atom. The largest absolute Gasteiger partial charge is 0.490 e. The van der Waals surface area contributed by atoms with E-state index in [1.807, 2.05) is 24.3 Å². The molecule has 0 unspecified atom stereocenters. The van der Waals surface area contributed by atoms with Crippen LogP contribution in [0.3, 0.4) is 0 Å². The van der Waals surface area contributed by atoms with E-state index in [1.54, 1.807) is 0 Å². The smallest absolute Gasteiger partial charge is 0.303 e. The average molecular weight is 356 g/mol. The van der Waals surface area contributed by atoms with Gasteiger partial charge in [0.05, 0.1) is 0 Å². The van der Waals surface area contributed by atoms with Crippen molar-refractivity contribution in [3.05, 3.63) is 59.2 Å².